The molecule has 0 aliphatic heterocycles. The first-order valence-corrected chi connectivity index (χ1v) is 12.5. The van der Waals surface area contributed by atoms with Crippen LogP contribution in [0.1, 0.15) is 27.3 Å². The zero-order valence-electron chi connectivity index (χ0n) is 21.5. The van der Waals surface area contributed by atoms with Gasteiger partial charge in [-0.1, -0.05) is 36.4 Å². The minimum absolute atomic E-state index is 0.0444. The molecule has 1 atom stereocenters. The third-order valence-corrected chi connectivity index (χ3v) is 6.23. The van der Waals surface area contributed by atoms with Crippen molar-refractivity contribution in [1.82, 2.24) is 25.3 Å². The SMILES string of the molecule is Cc1ccccc1Nc1nc(N)nc(COC(=O)[C@H](Cc2c[nH]c3ccccc23)NC(=O)c2ccc(F)cc2)n1. The van der Waals surface area contributed by atoms with Crippen molar-refractivity contribution in [2.45, 2.75) is 26.0 Å². The number of aromatic amines is 1. The summed E-state index contributed by atoms with van der Waals surface area (Å²) in [7, 11) is 0. The fourth-order valence-corrected chi connectivity index (χ4v) is 4.18. The summed E-state index contributed by atoms with van der Waals surface area (Å²) in [4.78, 5) is 41.9. The summed E-state index contributed by atoms with van der Waals surface area (Å²) in [5.74, 6) is -1.43. The predicted molar refractivity (Wildman–Crippen MR) is 148 cm³/mol. The topological polar surface area (TPSA) is 148 Å². The molecule has 11 heteroatoms. The number of nitrogen functional groups attached to an aromatic ring is 1. The normalized spacial score (nSPS) is 11.7. The number of ether oxygens (including phenoxy) is 1. The van der Waals surface area contributed by atoms with Crippen molar-refractivity contribution in [1.29, 1.82) is 0 Å². The van der Waals surface area contributed by atoms with Crippen LogP contribution in [0.5, 0.6) is 0 Å². The molecule has 202 valence electrons. The van der Waals surface area contributed by atoms with E-state index in [0.717, 1.165) is 27.7 Å². The highest BCUT2D eigenvalue weighted by Crippen LogP contribution is 2.21. The van der Waals surface area contributed by atoms with Crippen molar-refractivity contribution in [3.05, 3.63) is 107 Å². The second-order valence-corrected chi connectivity index (χ2v) is 9.08. The Bertz CT molecular complexity index is 1670. The van der Waals surface area contributed by atoms with Gasteiger partial charge >= 0.3 is 5.97 Å². The Balaban J connectivity index is 1.33. The summed E-state index contributed by atoms with van der Waals surface area (Å²) >= 11 is 0. The van der Waals surface area contributed by atoms with Crippen molar-refractivity contribution in [3.63, 3.8) is 0 Å². The second kappa shape index (κ2) is 11.6. The Morgan fingerprint density at radius 3 is 2.55 bits per heavy atom. The molecule has 3 aromatic carbocycles. The van der Waals surface area contributed by atoms with Gasteiger partial charge < -0.3 is 26.1 Å². The monoisotopic (exact) mass is 539 g/mol. The molecule has 0 fully saturated rings. The van der Waals surface area contributed by atoms with Crippen LogP contribution < -0.4 is 16.4 Å². The van der Waals surface area contributed by atoms with Gasteiger partial charge in [0, 0.05) is 34.8 Å². The van der Waals surface area contributed by atoms with E-state index in [1.54, 1.807) is 6.20 Å². The van der Waals surface area contributed by atoms with Crippen LogP contribution in [0.3, 0.4) is 0 Å². The minimum atomic E-state index is -1.06. The lowest BCUT2D eigenvalue weighted by molar-refractivity contribution is -0.147. The lowest BCUT2D eigenvalue weighted by atomic mass is 10.0. The number of amides is 1. The molecule has 5 aromatic rings. The number of halogens is 1. The van der Waals surface area contributed by atoms with Crippen molar-refractivity contribution in [3.8, 4) is 0 Å². The summed E-state index contributed by atoms with van der Waals surface area (Å²) in [6.45, 7) is 1.63. The molecule has 0 bridgehead atoms. The molecular weight excluding hydrogens is 513 g/mol. The smallest absolute Gasteiger partial charge is 0.329 e. The van der Waals surface area contributed by atoms with Gasteiger partial charge in [-0.25, -0.2) is 9.18 Å². The van der Waals surface area contributed by atoms with E-state index >= 15 is 0 Å². The van der Waals surface area contributed by atoms with Gasteiger partial charge in [-0.2, -0.15) is 15.0 Å². The van der Waals surface area contributed by atoms with Gasteiger partial charge in [-0.05, 0) is 54.4 Å². The first-order valence-electron chi connectivity index (χ1n) is 12.5. The minimum Gasteiger partial charge on any atom is -0.456 e. The Kier molecular flexibility index (Phi) is 7.63. The van der Waals surface area contributed by atoms with E-state index in [1.807, 2.05) is 55.5 Å². The van der Waals surface area contributed by atoms with Crippen LogP contribution in [0.15, 0.2) is 79.0 Å². The Hall–Kier alpha value is -5.32. The van der Waals surface area contributed by atoms with Gasteiger partial charge in [0.15, 0.2) is 12.4 Å². The van der Waals surface area contributed by atoms with Crippen LogP contribution in [0, 0.1) is 12.7 Å². The number of carbonyl (C=O) groups excluding carboxylic acids is 2. The van der Waals surface area contributed by atoms with Crippen LogP contribution in [0.4, 0.5) is 22.0 Å². The maximum absolute atomic E-state index is 13.4. The number of nitrogens with two attached hydrogens (primary N) is 1. The lowest BCUT2D eigenvalue weighted by Crippen LogP contribution is -2.43. The number of H-pyrrole nitrogens is 1. The summed E-state index contributed by atoms with van der Waals surface area (Å²) in [6, 6.07) is 19.2. The van der Waals surface area contributed by atoms with Gasteiger partial charge in [-0.15, -0.1) is 0 Å². The van der Waals surface area contributed by atoms with E-state index in [4.69, 9.17) is 10.5 Å². The van der Waals surface area contributed by atoms with Crippen LogP contribution >= 0.6 is 0 Å². The summed E-state index contributed by atoms with van der Waals surface area (Å²) in [5, 5.41) is 6.71. The molecule has 5 rings (SSSR count). The largest absolute Gasteiger partial charge is 0.456 e. The number of fused-ring (bicyclic) bond motifs is 1. The van der Waals surface area contributed by atoms with E-state index < -0.39 is 23.7 Å². The molecule has 2 aromatic heterocycles. The molecule has 2 heterocycles. The summed E-state index contributed by atoms with van der Waals surface area (Å²) in [5.41, 5.74) is 9.55. The maximum atomic E-state index is 13.4. The van der Waals surface area contributed by atoms with Crippen LogP contribution in [0.25, 0.3) is 10.9 Å². The number of esters is 1. The van der Waals surface area contributed by atoms with E-state index in [1.165, 1.54) is 24.3 Å². The number of nitrogens with one attached hydrogen (secondary N) is 3. The molecular formula is C29H26FN7O3. The molecule has 0 unspecified atom stereocenters. The van der Waals surface area contributed by atoms with E-state index in [2.05, 4.69) is 30.6 Å². The number of anilines is 3. The molecule has 5 N–H and O–H groups in total. The number of carbonyl (C=O) groups is 2. The highest BCUT2D eigenvalue weighted by molar-refractivity contribution is 5.97. The number of aryl methyl sites for hydroxylation is 1. The Labute approximate surface area is 228 Å². The fourth-order valence-electron chi connectivity index (χ4n) is 4.18. The molecule has 10 nitrogen and oxygen atoms in total. The number of benzene rings is 3. The van der Waals surface area contributed by atoms with Crippen molar-refractivity contribution in [2.24, 2.45) is 0 Å². The van der Waals surface area contributed by atoms with Gasteiger partial charge in [0.1, 0.15) is 11.9 Å². The number of nitrogens with zero attached hydrogens (tertiary/aromatic N) is 3. The van der Waals surface area contributed by atoms with Gasteiger partial charge in [0.25, 0.3) is 5.91 Å². The number of aromatic nitrogens is 4. The first kappa shape index (κ1) is 26.3. The van der Waals surface area contributed by atoms with Crippen LogP contribution in [-0.4, -0.2) is 37.9 Å². The third-order valence-electron chi connectivity index (χ3n) is 6.23. The number of hydrogen-bond acceptors (Lipinski definition) is 8. The molecule has 40 heavy (non-hydrogen) atoms. The molecule has 0 radical (unpaired) electrons. The van der Waals surface area contributed by atoms with Crippen molar-refractivity contribution < 1.29 is 18.7 Å². The number of hydrogen-bond donors (Lipinski definition) is 4. The van der Waals surface area contributed by atoms with E-state index in [0.29, 0.717) is 0 Å². The predicted octanol–water partition coefficient (Wildman–Crippen LogP) is 4.21. The fraction of sp³-hybridized carbons (Fsp3) is 0.138. The summed E-state index contributed by atoms with van der Waals surface area (Å²) in [6.07, 6.45) is 1.93. The lowest BCUT2D eigenvalue weighted by Gasteiger charge is -2.18. The van der Waals surface area contributed by atoms with Gasteiger partial charge in [0.05, 0.1) is 0 Å². The highest BCUT2D eigenvalue weighted by Gasteiger charge is 2.25. The Morgan fingerprint density at radius 2 is 1.75 bits per heavy atom. The molecule has 0 aliphatic rings. The average molecular weight is 540 g/mol. The maximum Gasteiger partial charge on any atom is 0.329 e. The third kappa shape index (κ3) is 6.21. The zero-order chi connectivity index (χ0) is 28.1. The zero-order valence-corrected chi connectivity index (χ0v) is 21.5. The number of para-hydroxylation sites is 2. The quantitative estimate of drug-likeness (QED) is 0.204. The molecule has 0 spiro atoms. The van der Waals surface area contributed by atoms with Crippen molar-refractivity contribution in [2.75, 3.05) is 11.1 Å². The van der Waals surface area contributed by atoms with Crippen LogP contribution in [0.2, 0.25) is 0 Å². The Morgan fingerprint density at radius 1 is 1.00 bits per heavy atom. The van der Waals surface area contributed by atoms with E-state index in [9.17, 15) is 14.0 Å². The van der Waals surface area contributed by atoms with Crippen LogP contribution in [-0.2, 0) is 22.6 Å². The molecule has 0 saturated carbocycles. The highest BCUT2D eigenvalue weighted by atomic mass is 19.1. The van der Waals surface area contributed by atoms with Gasteiger partial charge in [-0.3, -0.25) is 4.79 Å². The second-order valence-electron chi connectivity index (χ2n) is 9.08. The van der Waals surface area contributed by atoms with Gasteiger partial charge in [0.2, 0.25) is 11.9 Å². The molecule has 1 amide bonds. The van der Waals surface area contributed by atoms with Crippen molar-refractivity contribution >= 4 is 40.4 Å². The van der Waals surface area contributed by atoms with E-state index in [-0.39, 0.29) is 36.3 Å². The standard InChI is InChI=1S/C29H26FN7O3/c1-17-6-2-4-8-22(17)34-29-36-25(35-28(31)37-29)16-40-27(39)24(33-26(38)18-10-12-20(30)13-11-18)14-19-15-32-23-9-5-3-7-21(19)23/h2-13,15,24,32H,14,16H2,1H3,(H,33,38)(H3,31,34,35,36,37)/t24-/m0/s1. The number of rotatable bonds is 9. The molecule has 0 aliphatic carbocycles. The average Bonchev–Trinajstić information content (AvgIpc) is 3.35. The first-order chi connectivity index (χ1) is 19.4. The summed E-state index contributed by atoms with van der Waals surface area (Å²) < 4.78 is 18.9. The molecule has 0 saturated heterocycles.